The Balaban J connectivity index is 1.47. The lowest BCUT2D eigenvalue weighted by atomic mass is 9.97. The third-order valence-electron chi connectivity index (χ3n) is 8.22. The van der Waals surface area contributed by atoms with Gasteiger partial charge in [0.05, 0.1) is 10.9 Å². The SMILES string of the molecule is CCC(NCc1ccccc1F)C(=O)NC(=O)c1ccc(NS(=O)(=O)c2ccccc2)cc1-c1ccc(Cl)cc1Oc1cccc(CNC(=O)OC(C)(C)C)c1. The quantitative estimate of drug-likeness (QED) is 0.0872. The maximum atomic E-state index is 14.3. The van der Waals surface area contributed by atoms with Gasteiger partial charge in [-0.05, 0) is 93.4 Å². The number of rotatable bonds is 14. The molecule has 56 heavy (non-hydrogen) atoms. The van der Waals surface area contributed by atoms with Crippen LogP contribution in [0.3, 0.4) is 0 Å². The second-order valence-corrected chi connectivity index (χ2v) is 15.8. The van der Waals surface area contributed by atoms with E-state index in [-0.39, 0.29) is 40.5 Å². The molecule has 0 heterocycles. The summed E-state index contributed by atoms with van der Waals surface area (Å²) in [5.74, 6) is -1.27. The molecular formula is C42H42ClFN4O7S. The first kappa shape index (κ1) is 41.4. The fourth-order valence-corrected chi connectivity index (χ4v) is 6.78. The van der Waals surface area contributed by atoms with Crippen molar-refractivity contribution in [2.75, 3.05) is 4.72 Å². The molecule has 11 nitrogen and oxygen atoms in total. The Morgan fingerprint density at radius 2 is 1.55 bits per heavy atom. The highest BCUT2D eigenvalue weighted by molar-refractivity contribution is 7.92. The van der Waals surface area contributed by atoms with Gasteiger partial charge in [-0.1, -0.05) is 67.1 Å². The van der Waals surface area contributed by atoms with Gasteiger partial charge in [0.2, 0.25) is 5.91 Å². The first-order valence-electron chi connectivity index (χ1n) is 17.7. The van der Waals surface area contributed by atoms with Crippen LogP contribution in [0.25, 0.3) is 11.1 Å². The largest absolute Gasteiger partial charge is 0.457 e. The molecule has 14 heteroatoms. The van der Waals surface area contributed by atoms with Crippen molar-refractivity contribution >= 4 is 45.2 Å². The van der Waals surface area contributed by atoms with Gasteiger partial charge in [-0.25, -0.2) is 17.6 Å². The Bertz CT molecular complexity index is 2320. The van der Waals surface area contributed by atoms with Crippen LogP contribution in [0.1, 0.15) is 55.6 Å². The standard InChI is InChI=1S/C42H42ClFN4O7S/c1-5-37(45-26-28-13-9-10-17-36(28)44)40(50)47-39(49)34-21-19-30(48-56(52,53)32-15-7-6-8-16-32)24-35(34)33-20-18-29(43)23-38(33)54-31-14-11-12-27(22-31)25-46-41(51)55-42(2,3)4/h6-24,37,45,48H,5,25-26H2,1-4H3,(H,46,51)(H,47,49,50). The van der Waals surface area contributed by atoms with E-state index in [0.29, 0.717) is 33.9 Å². The van der Waals surface area contributed by atoms with Gasteiger partial charge < -0.3 is 20.1 Å². The fraction of sp³-hybridized carbons (Fsp3) is 0.214. The molecule has 5 aromatic carbocycles. The Labute approximate surface area is 330 Å². The van der Waals surface area contributed by atoms with Crippen LogP contribution >= 0.6 is 11.6 Å². The molecular weight excluding hydrogens is 759 g/mol. The third-order valence-corrected chi connectivity index (χ3v) is 9.86. The summed E-state index contributed by atoms with van der Waals surface area (Å²) in [5.41, 5.74) is 1.09. The minimum atomic E-state index is -4.03. The average molecular weight is 801 g/mol. The third kappa shape index (κ3) is 11.4. The van der Waals surface area contributed by atoms with Crippen LogP contribution < -0.4 is 25.4 Å². The van der Waals surface area contributed by atoms with Crippen LogP contribution in [0.2, 0.25) is 5.02 Å². The summed E-state index contributed by atoms with van der Waals surface area (Å²) < 4.78 is 55.1. The average Bonchev–Trinajstić information content (AvgIpc) is 3.14. The molecule has 0 saturated carbocycles. The summed E-state index contributed by atoms with van der Waals surface area (Å²) in [5, 5.41) is 8.46. The van der Waals surface area contributed by atoms with Crippen LogP contribution in [-0.4, -0.2) is 38.0 Å². The number of anilines is 1. The van der Waals surface area contributed by atoms with Gasteiger partial charge in [0.15, 0.2) is 0 Å². The van der Waals surface area contributed by atoms with Crippen molar-refractivity contribution in [2.45, 2.75) is 63.7 Å². The number of amides is 3. The number of nitrogens with one attached hydrogen (secondary N) is 4. The first-order chi connectivity index (χ1) is 26.6. The summed E-state index contributed by atoms with van der Waals surface area (Å²) >= 11 is 6.44. The van der Waals surface area contributed by atoms with Gasteiger partial charge in [0.1, 0.15) is 22.9 Å². The van der Waals surface area contributed by atoms with E-state index in [1.54, 1.807) is 100 Å². The minimum absolute atomic E-state index is 0.0208. The number of ether oxygens (including phenoxy) is 2. The lowest BCUT2D eigenvalue weighted by Crippen LogP contribution is -2.45. The predicted molar refractivity (Wildman–Crippen MR) is 214 cm³/mol. The van der Waals surface area contributed by atoms with Crippen LogP contribution in [0.4, 0.5) is 14.9 Å². The topological polar surface area (TPSA) is 152 Å². The summed E-state index contributed by atoms with van der Waals surface area (Å²) in [6, 6.07) is 29.0. The van der Waals surface area contributed by atoms with Gasteiger partial charge in [-0.2, -0.15) is 0 Å². The number of hydrogen-bond acceptors (Lipinski definition) is 8. The number of sulfonamides is 1. The summed E-state index contributed by atoms with van der Waals surface area (Å²) in [4.78, 5) is 39.6. The van der Waals surface area contributed by atoms with Crippen molar-refractivity contribution in [3.05, 3.63) is 143 Å². The van der Waals surface area contributed by atoms with E-state index >= 15 is 0 Å². The molecule has 0 aromatic heterocycles. The molecule has 0 spiro atoms. The molecule has 5 aromatic rings. The van der Waals surface area contributed by atoms with E-state index in [1.807, 2.05) is 0 Å². The molecule has 0 saturated heterocycles. The van der Waals surface area contributed by atoms with E-state index < -0.39 is 45.4 Å². The maximum Gasteiger partial charge on any atom is 0.407 e. The minimum Gasteiger partial charge on any atom is -0.457 e. The van der Waals surface area contributed by atoms with Crippen molar-refractivity contribution in [3.63, 3.8) is 0 Å². The van der Waals surface area contributed by atoms with E-state index in [2.05, 4.69) is 20.7 Å². The summed E-state index contributed by atoms with van der Waals surface area (Å²) in [6.45, 7) is 7.24. The molecule has 0 bridgehead atoms. The zero-order valence-electron chi connectivity index (χ0n) is 31.2. The van der Waals surface area contributed by atoms with Gasteiger partial charge in [0.25, 0.3) is 15.9 Å². The van der Waals surface area contributed by atoms with Gasteiger partial charge in [-0.15, -0.1) is 0 Å². The van der Waals surface area contributed by atoms with Crippen LogP contribution in [-0.2, 0) is 32.6 Å². The first-order valence-corrected chi connectivity index (χ1v) is 19.6. The molecule has 0 aliphatic rings. The number of hydrogen-bond donors (Lipinski definition) is 4. The number of carbonyl (C=O) groups is 3. The molecule has 5 rings (SSSR count). The van der Waals surface area contributed by atoms with Gasteiger partial charge in [0, 0.05) is 52.1 Å². The van der Waals surface area contributed by atoms with Crippen molar-refractivity contribution in [1.29, 1.82) is 0 Å². The Morgan fingerprint density at radius 1 is 0.821 bits per heavy atom. The highest BCUT2D eigenvalue weighted by Crippen LogP contribution is 2.39. The lowest BCUT2D eigenvalue weighted by Gasteiger charge is -2.20. The number of alkyl carbamates (subject to hydrolysis) is 1. The normalized spacial score (nSPS) is 12.0. The fourth-order valence-electron chi connectivity index (χ4n) is 5.54. The van der Waals surface area contributed by atoms with Crippen LogP contribution in [0.5, 0.6) is 11.5 Å². The number of halogens is 2. The predicted octanol–water partition coefficient (Wildman–Crippen LogP) is 8.59. The smallest absolute Gasteiger partial charge is 0.407 e. The second kappa shape index (κ2) is 18.2. The van der Waals surface area contributed by atoms with E-state index in [0.717, 1.165) is 0 Å². The Kier molecular flexibility index (Phi) is 13.5. The van der Waals surface area contributed by atoms with Crippen molar-refractivity contribution < 1.29 is 36.7 Å². The van der Waals surface area contributed by atoms with E-state index in [9.17, 15) is 27.2 Å². The molecule has 1 atom stereocenters. The molecule has 0 fully saturated rings. The molecule has 0 aliphatic carbocycles. The summed E-state index contributed by atoms with van der Waals surface area (Å²) in [6.07, 6.45) is -0.290. The van der Waals surface area contributed by atoms with E-state index in [1.165, 1.54) is 42.5 Å². The lowest BCUT2D eigenvalue weighted by molar-refractivity contribution is -0.122. The monoisotopic (exact) mass is 800 g/mol. The van der Waals surface area contributed by atoms with Gasteiger partial charge in [-0.3, -0.25) is 19.6 Å². The van der Waals surface area contributed by atoms with Crippen LogP contribution in [0, 0.1) is 5.82 Å². The Morgan fingerprint density at radius 3 is 2.27 bits per heavy atom. The molecule has 3 amide bonds. The number of imide groups is 1. The zero-order chi connectivity index (χ0) is 40.5. The molecule has 4 N–H and O–H groups in total. The molecule has 0 radical (unpaired) electrons. The van der Waals surface area contributed by atoms with E-state index in [4.69, 9.17) is 21.1 Å². The molecule has 292 valence electrons. The molecule has 1 unspecified atom stereocenters. The van der Waals surface area contributed by atoms with Crippen molar-refractivity contribution in [2.24, 2.45) is 0 Å². The van der Waals surface area contributed by atoms with Crippen LogP contribution in [0.15, 0.2) is 120 Å². The van der Waals surface area contributed by atoms with Crippen molar-refractivity contribution in [1.82, 2.24) is 16.0 Å². The molecule has 0 aliphatic heterocycles. The number of benzene rings is 5. The van der Waals surface area contributed by atoms with Crippen molar-refractivity contribution in [3.8, 4) is 22.6 Å². The summed E-state index contributed by atoms with van der Waals surface area (Å²) in [7, 11) is -4.03. The highest BCUT2D eigenvalue weighted by atomic mass is 35.5. The van der Waals surface area contributed by atoms with Gasteiger partial charge >= 0.3 is 6.09 Å². The maximum absolute atomic E-state index is 14.3. The Hall–Kier alpha value is -5.76. The highest BCUT2D eigenvalue weighted by Gasteiger charge is 2.24. The second-order valence-electron chi connectivity index (χ2n) is 13.7. The zero-order valence-corrected chi connectivity index (χ0v) is 32.8. The number of carbonyl (C=O) groups excluding carboxylic acids is 3.